The van der Waals surface area contributed by atoms with Crippen LogP contribution in [0.1, 0.15) is 6.92 Å². The summed E-state index contributed by atoms with van der Waals surface area (Å²) in [5.74, 6) is 0.116. The van der Waals surface area contributed by atoms with Crippen molar-refractivity contribution >= 4 is 5.78 Å². The number of rotatable bonds is 1. The van der Waals surface area contributed by atoms with Crippen LogP contribution in [-0.2, 0) is 4.79 Å². The van der Waals surface area contributed by atoms with Gasteiger partial charge in [-0.3, -0.25) is 4.79 Å². The fourth-order valence-electron chi connectivity index (χ4n) is 1.43. The van der Waals surface area contributed by atoms with Crippen LogP contribution < -0.4 is 5.32 Å². The lowest BCUT2D eigenvalue weighted by molar-refractivity contribution is -0.114. The molecule has 0 aromatic rings. The van der Waals surface area contributed by atoms with Gasteiger partial charge in [0, 0.05) is 24.2 Å². The van der Waals surface area contributed by atoms with Crippen LogP contribution in [0.4, 0.5) is 0 Å². The highest BCUT2D eigenvalue weighted by Gasteiger charge is 2.25. The van der Waals surface area contributed by atoms with E-state index < -0.39 is 0 Å². The van der Waals surface area contributed by atoms with Crippen LogP contribution in [0.2, 0.25) is 0 Å². The maximum Gasteiger partial charge on any atom is 0.159 e. The molecule has 0 saturated carbocycles. The third-order valence-electron chi connectivity index (χ3n) is 2.03. The van der Waals surface area contributed by atoms with E-state index >= 15 is 0 Å². The van der Waals surface area contributed by atoms with Gasteiger partial charge < -0.3 is 10.2 Å². The Hall–Kier alpha value is -1.51. The van der Waals surface area contributed by atoms with E-state index in [-0.39, 0.29) is 11.9 Å². The van der Waals surface area contributed by atoms with Gasteiger partial charge in [0.1, 0.15) is 6.17 Å². The van der Waals surface area contributed by atoms with E-state index in [2.05, 4.69) is 5.32 Å². The number of carbonyl (C=O) groups excluding carboxylic acids is 1. The Bertz CT molecular complexity index is 302. The van der Waals surface area contributed by atoms with E-state index in [9.17, 15) is 4.79 Å². The molecular weight excluding hydrogens is 152 g/mol. The lowest BCUT2D eigenvalue weighted by Gasteiger charge is -2.25. The Kier molecular flexibility index (Phi) is 1.50. The van der Waals surface area contributed by atoms with E-state index in [1.54, 1.807) is 6.92 Å². The molecule has 62 valence electrons. The van der Waals surface area contributed by atoms with Crippen molar-refractivity contribution in [2.24, 2.45) is 0 Å². The van der Waals surface area contributed by atoms with Crippen LogP contribution in [0.15, 0.2) is 36.3 Å². The van der Waals surface area contributed by atoms with E-state index in [4.69, 9.17) is 0 Å². The van der Waals surface area contributed by atoms with Crippen LogP contribution in [-0.4, -0.2) is 16.8 Å². The molecular formula is C9H10N2O. The van der Waals surface area contributed by atoms with Crippen molar-refractivity contribution < 1.29 is 4.79 Å². The minimum absolute atomic E-state index is 0.0208. The summed E-state index contributed by atoms with van der Waals surface area (Å²) in [5, 5.41) is 3.09. The molecule has 0 bridgehead atoms. The van der Waals surface area contributed by atoms with Crippen molar-refractivity contribution in [2.45, 2.75) is 13.1 Å². The van der Waals surface area contributed by atoms with Crippen LogP contribution in [0.3, 0.4) is 0 Å². The summed E-state index contributed by atoms with van der Waals surface area (Å²) in [6, 6.07) is 0. The van der Waals surface area contributed by atoms with Gasteiger partial charge in [0.2, 0.25) is 0 Å². The Labute approximate surface area is 71.0 Å². The molecule has 0 fully saturated rings. The van der Waals surface area contributed by atoms with Crippen molar-refractivity contribution in [3.8, 4) is 0 Å². The number of hydrogen-bond donors (Lipinski definition) is 1. The number of nitrogens with one attached hydrogen (secondary N) is 1. The molecule has 0 aromatic carbocycles. The van der Waals surface area contributed by atoms with Crippen LogP contribution >= 0.6 is 0 Å². The van der Waals surface area contributed by atoms with Gasteiger partial charge in [0.25, 0.3) is 0 Å². The maximum absolute atomic E-state index is 11.1. The van der Waals surface area contributed by atoms with Gasteiger partial charge in [-0.2, -0.15) is 0 Å². The summed E-state index contributed by atoms with van der Waals surface area (Å²) in [5.41, 5.74) is 0.808. The summed E-state index contributed by atoms with van der Waals surface area (Å²) < 4.78 is 0. The minimum Gasteiger partial charge on any atom is -0.366 e. The number of hydrogen-bond acceptors (Lipinski definition) is 3. The van der Waals surface area contributed by atoms with Gasteiger partial charge in [0.15, 0.2) is 5.78 Å². The second-order valence-electron chi connectivity index (χ2n) is 2.85. The predicted octanol–water partition coefficient (Wildman–Crippen LogP) is 0.732. The molecule has 0 spiro atoms. The SMILES string of the molecule is CC(=O)C1=CC=CN2C=CNC12. The highest BCUT2D eigenvalue weighted by atomic mass is 16.1. The molecule has 2 rings (SSSR count). The summed E-state index contributed by atoms with van der Waals surface area (Å²) in [4.78, 5) is 13.1. The van der Waals surface area contributed by atoms with Crippen molar-refractivity contribution in [1.82, 2.24) is 10.2 Å². The Morgan fingerprint density at radius 2 is 2.42 bits per heavy atom. The summed E-state index contributed by atoms with van der Waals surface area (Å²) in [6.45, 7) is 1.59. The first-order chi connectivity index (χ1) is 5.79. The average Bonchev–Trinajstić information content (AvgIpc) is 2.49. The standard InChI is InChI=1S/C9H10N2O/c1-7(12)8-3-2-5-11-6-4-10-9(8)11/h2-6,9-10H,1H3. The number of allylic oxidation sites excluding steroid dienone is 2. The van der Waals surface area contributed by atoms with Gasteiger partial charge in [-0.1, -0.05) is 6.08 Å². The maximum atomic E-state index is 11.1. The van der Waals surface area contributed by atoms with E-state index in [0.717, 1.165) is 5.57 Å². The molecule has 3 nitrogen and oxygen atoms in total. The third kappa shape index (κ3) is 0.942. The lowest BCUT2D eigenvalue weighted by atomic mass is 10.1. The smallest absolute Gasteiger partial charge is 0.159 e. The molecule has 0 saturated heterocycles. The van der Waals surface area contributed by atoms with Crippen molar-refractivity contribution in [2.75, 3.05) is 0 Å². The van der Waals surface area contributed by atoms with Gasteiger partial charge in [0.05, 0.1) is 0 Å². The van der Waals surface area contributed by atoms with Crippen molar-refractivity contribution in [1.29, 1.82) is 0 Å². The molecule has 0 radical (unpaired) electrons. The van der Waals surface area contributed by atoms with Crippen LogP contribution in [0, 0.1) is 0 Å². The topological polar surface area (TPSA) is 32.3 Å². The number of carbonyl (C=O) groups is 1. The molecule has 0 amide bonds. The average molecular weight is 162 g/mol. The molecule has 0 aromatic heterocycles. The van der Waals surface area contributed by atoms with Crippen molar-refractivity contribution in [3.05, 3.63) is 36.3 Å². The molecule has 12 heavy (non-hydrogen) atoms. The fraction of sp³-hybridized carbons (Fsp3) is 0.222. The van der Waals surface area contributed by atoms with Gasteiger partial charge >= 0.3 is 0 Å². The summed E-state index contributed by atoms with van der Waals surface area (Å²) in [6.07, 6.45) is 9.45. The Balaban J connectivity index is 2.30. The number of fused-ring (bicyclic) bond motifs is 1. The normalized spacial score (nSPS) is 24.9. The zero-order valence-electron chi connectivity index (χ0n) is 6.82. The van der Waals surface area contributed by atoms with E-state index in [1.165, 1.54) is 0 Å². The predicted molar refractivity (Wildman–Crippen MR) is 45.8 cm³/mol. The molecule has 3 heteroatoms. The largest absolute Gasteiger partial charge is 0.366 e. The molecule has 1 atom stereocenters. The molecule has 2 aliphatic heterocycles. The number of nitrogens with zero attached hydrogens (tertiary/aromatic N) is 1. The summed E-state index contributed by atoms with van der Waals surface area (Å²) >= 11 is 0. The highest BCUT2D eigenvalue weighted by molar-refractivity contribution is 5.95. The number of ketones is 1. The van der Waals surface area contributed by atoms with E-state index in [0.29, 0.717) is 0 Å². The zero-order chi connectivity index (χ0) is 8.55. The summed E-state index contributed by atoms with van der Waals surface area (Å²) in [7, 11) is 0. The fourth-order valence-corrected chi connectivity index (χ4v) is 1.43. The Morgan fingerprint density at radius 3 is 3.17 bits per heavy atom. The van der Waals surface area contributed by atoms with Gasteiger partial charge in [-0.15, -0.1) is 0 Å². The quantitative estimate of drug-likeness (QED) is 0.617. The monoisotopic (exact) mass is 162 g/mol. The second-order valence-corrected chi connectivity index (χ2v) is 2.85. The van der Waals surface area contributed by atoms with Gasteiger partial charge in [-0.25, -0.2) is 0 Å². The zero-order valence-corrected chi connectivity index (χ0v) is 6.82. The van der Waals surface area contributed by atoms with Crippen molar-refractivity contribution in [3.63, 3.8) is 0 Å². The molecule has 2 aliphatic rings. The third-order valence-corrected chi connectivity index (χ3v) is 2.03. The number of Topliss-reactive ketones (excluding diaryl/α,β-unsaturated/α-hetero) is 1. The molecule has 1 unspecified atom stereocenters. The van der Waals surface area contributed by atoms with Crippen LogP contribution in [0.5, 0.6) is 0 Å². The lowest BCUT2D eigenvalue weighted by Crippen LogP contribution is -2.37. The Morgan fingerprint density at radius 1 is 1.58 bits per heavy atom. The first kappa shape index (κ1) is 7.16. The van der Waals surface area contributed by atoms with E-state index in [1.807, 2.05) is 35.7 Å². The molecule has 2 heterocycles. The highest BCUT2D eigenvalue weighted by Crippen LogP contribution is 2.18. The first-order valence-corrected chi connectivity index (χ1v) is 3.88. The minimum atomic E-state index is 0.0208. The molecule has 1 N–H and O–H groups in total. The first-order valence-electron chi connectivity index (χ1n) is 3.88. The molecule has 0 aliphatic carbocycles. The van der Waals surface area contributed by atoms with Crippen LogP contribution in [0.25, 0.3) is 0 Å². The van der Waals surface area contributed by atoms with Gasteiger partial charge in [-0.05, 0) is 13.0 Å². The second kappa shape index (κ2) is 2.52.